The number of allylic oxidation sites excluding steroid dienone is 1. The maximum absolute atomic E-state index is 13.4. The van der Waals surface area contributed by atoms with Crippen molar-refractivity contribution in [3.8, 4) is 6.07 Å². The van der Waals surface area contributed by atoms with Crippen molar-refractivity contribution < 1.29 is 9.59 Å². The smallest absolute Gasteiger partial charge is 0.237 e. The topological polar surface area (TPSA) is 61.2 Å². The Morgan fingerprint density at radius 1 is 1.25 bits per heavy atom. The molecule has 0 bridgehead atoms. The first-order chi connectivity index (χ1) is 11.4. The largest absolute Gasteiger partial charge is 0.342 e. The summed E-state index contributed by atoms with van der Waals surface area (Å²) in [5.41, 5.74) is -0.707. The van der Waals surface area contributed by atoms with E-state index in [-0.39, 0.29) is 23.2 Å². The lowest BCUT2D eigenvalue weighted by Crippen LogP contribution is -2.62. The summed E-state index contributed by atoms with van der Waals surface area (Å²) in [6.07, 6.45) is 2.40. The second-order valence-corrected chi connectivity index (χ2v) is 7.18. The van der Waals surface area contributed by atoms with Crippen LogP contribution >= 0.6 is 0 Å². The van der Waals surface area contributed by atoms with Crippen LogP contribution in [0.2, 0.25) is 0 Å². The summed E-state index contributed by atoms with van der Waals surface area (Å²) in [7, 11) is 0. The van der Waals surface area contributed by atoms with Gasteiger partial charge in [-0.25, -0.2) is 0 Å². The molecule has 0 saturated carbocycles. The van der Waals surface area contributed by atoms with E-state index in [4.69, 9.17) is 0 Å². The summed E-state index contributed by atoms with van der Waals surface area (Å²) < 4.78 is 0. The van der Waals surface area contributed by atoms with Gasteiger partial charge >= 0.3 is 0 Å². The quantitative estimate of drug-likeness (QED) is 0.841. The third-order valence-electron chi connectivity index (χ3n) is 5.71. The summed E-state index contributed by atoms with van der Waals surface area (Å²) in [5, 5.41) is 9.49. The lowest BCUT2D eigenvalue weighted by molar-refractivity contribution is -0.148. The monoisotopic (exact) mass is 322 g/mol. The summed E-state index contributed by atoms with van der Waals surface area (Å²) in [6, 6.07) is 11.6. The number of amides is 1. The van der Waals surface area contributed by atoms with Crippen molar-refractivity contribution >= 4 is 11.7 Å². The standard InChI is InChI=1S/C20H22N2O2/c1-4-22-11-10-16-19(2,3)17(23)14(13-21)12-20(16,18(22)24)15-8-6-5-7-9-15/h5-9,12,16H,4,10-11H2,1-3H3. The molecule has 1 aromatic carbocycles. The van der Waals surface area contributed by atoms with Gasteiger partial charge in [0.2, 0.25) is 5.91 Å². The number of benzene rings is 1. The highest BCUT2D eigenvalue weighted by Gasteiger charge is 2.60. The number of fused-ring (bicyclic) bond motifs is 1. The van der Waals surface area contributed by atoms with Gasteiger partial charge in [-0.2, -0.15) is 5.26 Å². The second kappa shape index (κ2) is 5.59. The molecule has 1 amide bonds. The van der Waals surface area contributed by atoms with Gasteiger partial charge in [-0.15, -0.1) is 0 Å². The number of Topliss-reactive ketones (excluding diaryl/α,β-unsaturated/α-hetero) is 1. The van der Waals surface area contributed by atoms with Gasteiger partial charge in [0.25, 0.3) is 0 Å². The zero-order valence-corrected chi connectivity index (χ0v) is 14.4. The Morgan fingerprint density at radius 2 is 1.92 bits per heavy atom. The second-order valence-electron chi connectivity index (χ2n) is 7.18. The molecular weight excluding hydrogens is 300 g/mol. The highest BCUT2D eigenvalue weighted by Crippen LogP contribution is 2.53. The third-order valence-corrected chi connectivity index (χ3v) is 5.71. The van der Waals surface area contributed by atoms with Gasteiger partial charge in [0, 0.05) is 18.5 Å². The Kier molecular flexibility index (Phi) is 3.83. The molecule has 124 valence electrons. The fraction of sp³-hybridized carbons (Fsp3) is 0.450. The van der Waals surface area contributed by atoms with Crippen LogP contribution in [0.3, 0.4) is 0 Å². The number of nitrogens with zero attached hydrogens (tertiary/aromatic N) is 2. The molecule has 4 nitrogen and oxygen atoms in total. The van der Waals surface area contributed by atoms with Gasteiger partial charge in [0.1, 0.15) is 6.07 Å². The van der Waals surface area contributed by atoms with Crippen molar-refractivity contribution in [3.63, 3.8) is 0 Å². The molecule has 1 fully saturated rings. The zero-order chi connectivity index (χ0) is 17.5. The number of carbonyl (C=O) groups excluding carboxylic acids is 2. The maximum Gasteiger partial charge on any atom is 0.237 e. The van der Waals surface area contributed by atoms with Crippen molar-refractivity contribution in [3.05, 3.63) is 47.5 Å². The number of nitriles is 1. The number of likely N-dealkylation sites (tertiary alicyclic amines) is 1. The Bertz CT molecular complexity index is 758. The average Bonchev–Trinajstić information content (AvgIpc) is 2.60. The van der Waals surface area contributed by atoms with Gasteiger partial charge in [-0.1, -0.05) is 44.2 Å². The summed E-state index contributed by atoms with van der Waals surface area (Å²) in [4.78, 5) is 28.0. The number of likely N-dealkylation sites (N-methyl/N-ethyl adjacent to an activating group) is 1. The van der Waals surface area contributed by atoms with E-state index in [1.54, 1.807) is 6.08 Å². The predicted molar refractivity (Wildman–Crippen MR) is 91.0 cm³/mol. The van der Waals surface area contributed by atoms with Crippen molar-refractivity contribution in [1.82, 2.24) is 4.90 Å². The predicted octanol–water partition coefficient (Wildman–Crippen LogP) is 2.85. The Labute approximate surface area is 142 Å². The summed E-state index contributed by atoms with van der Waals surface area (Å²) in [5.74, 6) is -0.299. The van der Waals surface area contributed by atoms with E-state index in [1.165, 1.54) is 0 Å². The SMILES string of the molecule is CCN1CCC2C(C)(C)C(=O)C(C#N)=CC2(c2ccccc2)C1=O. The van der Waals surface area contributed by atoms with Gasteiger partial charge in [-0.3, -0.25) is 9.59 Å². The van der Waals surface area contributed by atoms with Crippen molar-refractivity contribution in [2.75, 3.05) is 13.1 Å². The molecule has 1 heterocycles. The molecule has 24 heavy (non-hydrogen) atoms. The lowest BCUT2D eigenvalue weighted by atomic mass is 9.52. The molecule has 2 atom stereocenters. The van der Waals surface area contributed by atoms with E-state index in [0.29, 0.717) is 13.1 Å². The number of rotatable bonds is 2. The molecule has 0 aromatic heterocycles. The molecule has 2 unspecified atom stereocenters. The third kappa shape index (κ3) is 2.04. The van der Waals surface area contributed by atoms with E-state index in [0.717, 1.165) is 12.0 Å². The van der Waals surface area contributed by atoms with Crippen LogP contribution in [0.1, 0.15) is 32.8 Å². The van der Waals surface area contributed by atoms with Crippen molar-refractivity contribution in [1.29, 1.82) is 5.26 Å². The Morgan fingerprint density at radius 3 is 2.50 bits per heavy atom. The molecule has 3 rings (SSSR count). The Hall–Kier alpha value is -2.41. The van der Waals surface area contributed by atoms with E-state index >= 15 is 0 Å². The average molecular weight is 322 g/mol. The number of hydrogen-bond acceptors (Lipinski definition) is 3. The minimum atomic E-state index is -0.933. The number of ketones is 1. The molecule has 4 heteroatoms. The lowest BCUT2D eigenvalue weighted by Gasteiger charge is -2.53. The molecule has 1 aliphatic carbocycles. The highest BCUT2D eigenvalue weighted by atomic mass is 16.2. The normalized spacial score (nSPS) is 28.8. The van der Waals surface area contributed by atoms with Crippen LogP contribution in [0.4, 0.5) is 0 Å². The molecule has 1 saturated heterocycles. The van der Waals surface area contributed by atoms with Gasteiger partial charge < -0.3 is 4.90 Å². The van der Waals surface area contributed by atoms with E-state index < -0.39 is 10.8 Å². The van der Waals surface area contributed by atoms with Crippen molar-refractivity contribution in [2.24, 2.45) is 11.3 Å². The van der Waals surface area contributed by atoms with Crippen LogP contribution < -0.4 is 0 Å². The fourth-order valence-corrected chi connectivity index (χ4v) is 4.42. The van der Waals surface area contributed by atoms with Crippen LogP contribution in [-0.4, -0.2) is 29.7 Å². The molecule has 1 aromatic rings. The van der Waals surface area contributed by atoms with Crippen LogP contribution in [-0.2, 0) is 15.0 Å². The van der Waals surface area contributed by atoms with E-state index in [1.807, 2.05) is 62.1 Å². The number of piperidine rings is 1. The molecule has 0 spiro atoms. The van der Waals surface area contributed by atoms with Crippen LogP contribution in [0.15, 0.2) is 42.0 Å². The van der Waals surface area contributed by atoms with E-state index in [2.05, 4.69) is 0 Å². The molecule has 0 N–H and O–H groups in total. The van der Waals surface area contributed by atoms with Crippen molar-refractivity contribution in [2.45, 2.75) is 32.6 Å². The molecule has 0 radical (unpaired) electrons. The number of carbonyl (C=O) groups is 2. The summed E-state index contributed by atoms with van der Waals surface area (Å²) >= 11 is 0. The zero-order valence-electron chi connectivity index (χ0n) is 14.4. The minimum absolute atomic E-state index is 0.000718. The first-order valence-electron chi connectivity index (χ1n) is 8.42. The van der Waals surface area contributed by atoms with Crippen LogP contribution in [0.25, 0.3) is 0 Å². The van der Waals surface area contributed by atoms with Gasteiger partial charge in [0.15, 0.2) is 5.78 Å². The summed E-state index contributed by atoms with van der Waals surface area (Å²) in [6.45, 7) is 6.99. The van der Waals surface area contributed by atoms with Crippen LogP contribution in [0.5, 0.6) is 0 Å². The first kappa shape index (κ1) is 16.4. The Balaban J connectivity index is 2.33. The fourth-order valence-electron chi connectivity index (χ4n) is 4.42. The van der Waals surface area contributed by atoms with E-state index in [9.17, 15) is 14.9 Å². The molecule has 1 aliphatic heterocycles. The first-order valence-corrected chi connectivity index (χ1v) is 8.42. The molecular formula is C20H22N2O2. The van der Waals surface area contributed by atoms with Crippen LogP contribution in [0, 0.1) is 22.7 Å². The van der Waals surface area contributed by atoms with Gasteiger partial charge in [-0.05, 0) is 30.9 Å². The number of hydrogen-bond donors (Lipinski definition) is 0. The maximum atomic E-state index is 13.4. The highest BCUT2D eigenvalue weighted by molar-refractivity contribution is 6.08. The molecule has 2 aliphatic rings. The minimum Gasteiger partial charge on any atom is -0.342 e. The van der Waals surface area contributed by atoms with Gasteiger partial charge in [0.05, 0.1) is 11.0 Å².